The number of unbranched alkanes of at least 4 members (excludes halogenated alkanes) is 1. The van der Waals surface area contributed by atoms with E-state index in [0.29, 0.717) is 35.8 Å². The molecule has 0 radical (unpaired) electrons. The molecule has 0 amide bonds. The highest BCUT2D eigenvalue weighted by atomic mass is 32.2. The molecule has 0 saturated carbocycles. The van der Waals surface area contributed by atoms with E-state index in [1.54, 1.807) is 18.2 Å². The van der Waals surface area contributed by atoms with E-state index < -0.39 is 46.2 Å². The van der Waals surface area contributed by atoms with E-state index in [2.05, 4.69) is 0 Å². The quantitative estimate of drug-likeness (QED) is 0.116. The molecule has 0 aromatic heterocycles. The van der Waals surface area contributed by atoms with Crippen LogP contribution in [-0.2, 0) is 30.4 Å². The van der Waals surface area contributed by atoms with Gasteiger partial charge in [-0.3, -0.25) is 13.7 Å². The van der Waals surface area contributed by atoms with Gasteiger partial charge in [-0.25, -0.2) is 0 Å². The van der Waals surface area contributed by atoms with Crippen molar-refractivity contribution in [2.75, 3.05) is 12.3 Å². The highest BCUT2D eigenvalue weighted by Crippen LogP contribution is 2.39. The van der Waals surface area contributed by atoms with Gasteiger partial charge < -0.3 is 0 Å². The van der Waals surface area contributed by atoms with E-state index in [-0.39, 0.29) is 14.7 Å². The highest BCUT2D eigenvalue weighted by Gasteiger charge is 2.21. The van der Waals surface area contributed by atoms with Crippen molar-refractivity contribution < 1.29 is 38.9 Å². The van der Waals surface area contributed by atoms with Crippen LogP contribution in [0.5, 0.6) is 0 Å². The van der Waals surface area contributed by atoms with Crippen LogP contribution in [0, 0.1) is 0 Å². The van der Waals surface area contributed by atoms with E-state index in [9.17, 15) is 38.9 Å². The minimum absolute atomic E-state index is 0.176. The zero-order valence-electron chi connectivity index (χ0n) is 22.1. The molecule has 0 aliphatic heterocycles. The summed E-state index contributed by atoms with van der Waals surface area (Å²) in [5.74, 6) is 0. The lowest BCUT2D eigenvalue weighted by molar-refractivity contribution is 0.481. The molecule has 222 valence electrons. The fourth-order valence-corrected chi connectivity index (χ4v) is 11.2. The highest BCUT2D eigenvalue weighted by molar-refractivity contribution is 7.86. The van der Waals surface area contributed by atoms with Gasteiger partial charge in [0.15, 0.2) is 0 Å². The fraction of sp³-hybridized carbons (Fsp3) is 0.143. The Hall–Kier alpha value is -2.53. The average Bonchev–Trinajstić information content (AvgIpc) is 2.94. The number of benzene rings is 4. The molecule has 9 nitrogen and oxygen atoms in total. The maximum Gasteiger partial charge on any atom is 0.294 e. The van der Waals surface area contributed by atoms with E-state index in [4.69, 9.17) is 0 Å². The van der Waals surface area contributed by atoms with Crippen LogP contribution in [0.1, 0.15) is 12.8 Å². The summed E-state index contributed by atoms with van der Waals surface area (Å²) in [6.07, 6.45) is 2.59. The fourth-order valence-electron chi connectivity index (χ4n) is 4.40. The Bertz CT molecular complexity index is 1810. The van der Waals surface area contributed by atoms with Crippen LogP contribution in [0.3, 0.4) is 0 Å². The van der Waals surface area contributed by atoms with Crippen LogP contribution in [0.15, 0.2) is 118 Å². The van der Waals surface area contributed by atoms with E-state index in [0.717, 1.165) is 10.6 Å². The lowest BCUT2D eigenvalue weighted by atomic mass is 10.3. The lowest BCUT2D eigenvalue weighted by Gasteiger charge is -2.22. The van der Waals surface area contributed by atoms with Crippen LogP contribution < -0.4 is 21.2 Å². The smallest absolute Gasteiger partial charge is 0.282 e. The van der Waals surface area contributed by atoms with Crippen LogP contribution in [0.25, 0.3) is 0 Å². The van der Waals surface area contributed by atoms with Crippen LogP contribution in [0.4, 0.5) is 0 Å². The van der Waals surface area contributed by atoms with Crippen molar-refractivity contribution in [2.45, 2.75) is 27.5 Å². The molecule has 3 N–H and O–H groups in total. The van der Waals surface area contributed by atoms with Gasteiger partial charge in [-0.1, -0.05) is 66.7 Å². The normalized spacial score (nSPS) is 13.2. The molecule has 0 saturated heterocycles. The van der Waals surface area contributed by atoms with Gasteiger partial charge in [0.2, 0.25) is 0 Å². The largest absolute Gasteiger partial charge is 0.294 e. The molecular weight excluding hydrogens is 638 g/mol. The first-order chi connectivity index (χ1) is 19.7. The Kier molecular flexibility index (Phi) is 10.3. The Labute approximate surface area is 248 Å². The molecule has 4 aromatic carbocycles. The molecule has 42 heavy (non-hydrogen) atoms. The molecule has 4 rings (SSSR count). The molecule has 14 heteroatoms. The van der Waals surface area contributed by atoms with Gasteiger partial charge in [-0.05, 0) is 98.6 Å². The lowest BCUT2D eigenvalue weighted by Crippen LogP contribution is -2.18. The molecule has 4 aromatic rings. The summed E-state index contributed by atoms with van der Waals surface area (Å²) in [5, 5.41) is 3.04. The van der Waals surface area contributed by atoms with Gasteiger partial charge >= 0.3 is 0 Å². The molecule has 0 fully saturated rings. The van der Waals surface area contributed by atoms with Gasteiger partial charge in [0.25, 0.3) is 30.4 Å². The predicted molar refractivity (Wildman–Crippen MR) is 167 cm³/mol. The summed E-state index contributed by atoms with van der Waals surface area (Å²) in [5.41, 5.74) is 0. The predicted octanol–water partition coefficient (Wildman–Crippen LogP) is 3.77. The molecule has 1 atom stereocenters. The molecular formula is C28H28O9P2S3. The first kappa shape index (κ1) is 32.4. The topological polar surface area (TPSA) is 163 Å². The number of rotatable bonds is 12. The molecule has 1 unspecified atom stereocenters. The van der Waals surface area contributed by atoms with Gasteiger partial charge in [0, 0.05) is 0 Å². The Balaban J connectivity index is 1.62. The summed E-state index contributed by atoms with van der Waals surface area (Å²) >= 11 is 0. The summed E-state index contributed by atoms with van der Waals surface area (Å²) in [7, 11) is -15.6. The zero-order chi connectivity index (χ0) is 30.5. The van der Waals surface area contributed by atoms with Crippen LogP contribution in [0.2, 0.25) is 0 Å². The first-order valence-corrected chi connectivity index (χ1v) is 19.9. The van der Waals surface area contributed by atoms with Crippen molar-refractivity contribution in [1.82, 2.24) is 0 Å². The van der Waals surface area contributed by atoms with Crippen molar-refractivity contribution in [3.8, 4) is 0 Å². The molecule has 0 bridgehead atoms. The second-order valence-corrected chi connectivity index (χ2v) is 18.2. The van der Waals surface area contributed by atoms with Crippen molar-refractivity contribution in [2.24, 2.45) is 0 Å². The van der Waals surface area contributed by atoms with Gasteiger partial charge in [-0.2, -0.15) is 25.3 Å². The minimum atomic E-state index is -4.47. The van der Waals surface area contributed by atoms with Crippen molar-refractivity contribution in [3.05, 3.63) is 103 Å². The van der Waals surface area contributed by atoms with Crippen LogP contribution >= 0.6 is 15.8 Å². The van der Waals surface area contributed by atoms with Gasteiger partial charge in [0.1, 0.15) is 0 Å². The Morgan fingerprint density at radius 1 is 0.429 bits per heavy atom. The minimum Gasteiger partial charge on any atom is -0.282 e. The van der Waals surface area contributed by atoms with Crippen molar-refractivity contribution in [1.29, 1.82) is 0 Å². The molecule has 0 spiro atoms. The molecule has 0 heterocycles. The van der Waals surface area contributed by atoms with Gasteiger partial charge in [-0.15, -0.1) is 0 Å². The van der Waals surface area contributed by atoms with Crippen LogP contribution in [-0.4, -0.2) is 51.2 Å². The molecule has 0 aliphatic rings. The average molecular weight is 667 g/mol. The standard InChI is InChI=1S/C28H28O9P2S3/c29-40(30,31)26-14-6-11-23(19-26)38(22-9-2-1-3-10-22)17-4-5-18-39(24-12-7-15-27(20-24)41(32,33)34)25-13-8-16-28(21-25)42(35,36)37/h1-3,6-16,19-21H,4-5,17-18H2,(H,29,30,31)(H,32,33,34)(H,35,36,37). The monoisotopic (exact) mass is 666 g/mol. The molecule has 0 aliphatic carbocycles. The van der Waals surface area contributed by atoms with E-state index in [1.165, 1.54) is 48.5 Å². The summed E-state index contributed by atoms with van der Waals surface area (Å²) < 4.78 is 99.6. The Morgan fingerprint density at radius 2 is 0.738 bits per heavy atom. The second kappa shape index (κ2) is 13.4. The Morgan fingerprint density at radius 3 is 1.07 bits per heavy atom. The third-order valence-electron chi connectivity index (χ3n) is 6.36. The third kappa shape index (κ3) is 8.52. The van der Waals surface area contributed by atoms with E-state index in [1.807, 2.05) is 36.4 Å². The summed E-state index contributed by atoms with van der Waals surface area (Å²) in [4.78, 5) is -0.723. The maximum atomic E-state index is 11.8. The SMILES string of the molecule is O=S(=O)(O)c1cccc(P(CCCCP(c2cccc(S(=O)(=O)O)c2)c2cccc(S(=O)(=O)O)c2)c2ccccc2)c1. The maximum absolute atomic E-state index is 11.8. The number of hydrogen-bond donors (Lipinski definition) is 3. The zero-order valence-corrected chi connectivity index (χ0v) is 26.3. The van der Waals surface area contributed by atoms with Crippen molar-refractivity contribution >= 4 is 67.4 Å². The third-order valence-corrected chi connectivity index (χ3v) is 14.1. The summed E-state index contributed by atoms with van der Waals surface area (Å²) in [6, 6.07) is 27.7. The van der Waals surface area contributed by atoms with E-state index >= 15 is 0 Å². The van der Waals surface area contributed by atoms with Gasteiger partial charge in [0.05, 0.1) is 14.7 Å². The first-order valence-electron chi connectivity index (χ1n) is 12.6. The second-order valence-electron chi connectivity index (χ2n) is 9.26. The van der Waals surface area contributed by atoms with Crippen molar-refractivity contribution in [3.63, 3.8) is 0 Å². The summed E-state index contributed by atoms with van der Waals surface area (Å²) in [6.45, 7) is 0. The number of hydrogen-bond acceptors (Lipinski definition) is 6.